The van der Waals surface area contributed by atoms with Crippen LogP contribution in [0.4, 0.5) is 0 Å². The van der Waals surface area contributed by atoms with E-state index in [-0.39, 0.29) is 24.0 Å². The number of aliphatic imine (C=N–C) groups is 1. The van der Waals surface area contributed by atoms with Gasteiger partial charge in [0.25, 0.3) is 0 Å². The summed E-state index contributed by atoms with van der Waals surface area (Å²) in [5.74, 6) is 1.91. The van der Waals surface area contributed by atoms with Gasteiger partial charge in [0.1, 0.15) is 6.54 Å². The van der Waals surface area contributed by atoms with Crippen molar-refractivity contribution in [1.29, 1.82) is 0 Å². The van der Waals surface area contributed by atoms with Crippen LogP contribution in [0.3, 0.4) is 0 Å². The number of halogens is 1. The molecule has 0 fully saturated rings. The lowest BCUT2D eigenvalue weighted by Crippen LogP contribution is -2.38. The molecular weight excluding hydrogens is 467 g/mol. The van der Waals surface area contributed by atoms with Crippen LogP contribution in [-0.2, 0) is 6.54 Å². The molecule has 1 atom stereocenters. The van der Waals surface area contributed by atoms with Gasteiger partial charge in [-0.15, -0.1) is 24.0 Å². The van der Waals surface area contributed by atoms with Crippen molar-refractivity contribution in [2.24, 2.45) is 4.99 Å². The third-order valence-electron chi connectivity index (χ3n) is 4.61. The van der Waals surface area contributed by atoms with Crippen molar-refractivity contribution in [2.75, 3.05) is 13.1 Å². The van der Waals surface area contributed by atoms with Crippen LogP contribution in [0.2, 0.25) is 0 Å². The molecule has 28 heavy (non-hydrogen) atoms. The molecule has 0 saturated carbocycles. The van der Waals surface area contributed by atoms with E-state index in [4.69, 9.17) is 4.52 Å². The van der Waals surface area contributed by atoms with Crippen LogP contribution < -0.4 is 10.6 Å². The molecule has 0 amide bonds. The molecule has 0 spiro atoms. The molecule has 0 aliphatic rings. The molecule has 0 radical (unpaired) electrons. The van der Waals surface area contributed by atoms with Crippen molar-refractivity contribution >= 4 is 29.9 Å². The van der Waals surface area contributed by atoms with Gasteiger partial charge >= 0.3 is 0 Å². The van der Waals surface area contributed by atoms with Gasteiger partial charge in [-0.2, -0.15) is 0 Å². The Morgan fingerprint density at radius 2 is 1.86 bits per heavy atom. The van der Waals surface area contributed by atoms with Gasteiger partial charge in [-0.05, 0) is 31.7 Å². The molecule has 3 N–H and O–H groups in total. The third-order valence-corrected chi connectivity index (χ3v) is 4.61. The normalized spacial score (nSPS) is 12.5. The number of nitrogens with one attached hydrogen (secondary N) is 2. The minimum atomic E-state index is -0.488. The summed E-state index contributed by atoms with van der Waals surface area (Å²) in [5.41, 5.74) is 1.94. The highest BCUT2D eigenvalue weighted by molar-refractivity contribution is 14.0. The summed E-state index contributed by atoms with van der Waals surface area (Å²) >= 11 is 0. The smallest absolute Gasteiger partial charge is 0.191 e. The van der Waals surface area contributed by atoms with E-state index >= 15 is 0 Å². The Morgan fingerprint density at radius 1 is 1.14 bits per heavy atom. The standard InChI is InChI=1S/C21H32N4O2.HI/c1-4-16(5-2)19-14-18(27-25-19)15-24-21(22-6-3)23-13-12-20(26)17-10-8-7-9-11-17;/h7-11,14,16,20,26H,4-6,12-13,15H2,1-3H3,(H2,22,23,24);1H. The summed E-state index contributed by atoms with van der Waals surface area (Å²) in [5, 5.41) is 20.9. The first-order valence-electron chi connectivity index (χ1n) is 9.88. The van der Waals surface area contributed by atoms with E-state index < -0.39 is 6.10 Å². The number of benzene rings is 1. The van der Waals surface area contributed by atoms with Crippen molar-refractivity contribution in [3.8, 4) is 0 Å². The van der Waals surface area contributed by atoms with Crippen molar-refractivity contribution in [3.05, 3.63) is 53.4 Å². The topological polar surface area (TPSA) is 82.7 Å². The highest BCUT2D eigenvalue weighted by Gasteiger charge is 2.13. The summed E-state index contributed by atoms with van der Waals surface area (Å²) < 4.78 is 5.43. The number of rotatable bonds is 10. The van der Waals surface area contributed by atoms with Gasteiger partial charge in [-0.1, -0.05) is 49.3 Å². The molecule has 0 saturated heterocycles. The Kier molecular flexibility index (Phi) is 11.8. The molecule has 156 valence electrons. The highest BCUT2D eigenvalue weighted by atomic mass is 127. The Morgan fingerprint density at radius 3 is 2.50 bits per heavy atom. The molecule has 1 heterocycles. The van der Waals surface area contributed by atoms with Crippen molar-refractivity contribution < 1.29 is 9.63 Å². The van der Waals surface area contributed by atoms with E-state index in [0.717, 1.165) is 36.4 Å². The van der Waals surface area contributed by atoms with Gasteiger partial charge in [-0.3, -0.25) is 0 Å². The van der Waals surface area contributed by atoms with E-state index in [1.54, 1.807) is 0 Å². The van der Waals surface area contributed by atoms with Crippen LogP contribution in [0.1, 0.15) is 69.1 Å². The molecule has 7 heteroatoms. The lowest BCUT2D eigenvalue weighted by molar-refractivity contribution is 0.168. The lowest BCUT2D eigenvalue weighted by atomic mass is 9.99. The zero-order chi connectivity index (χ0) is 19.5. The maximum absolute atomic E-state index is 10.2. The minimum Gasteiger partial charge on any atom is -0.388 e. The number of hydrogen-bond acceptors (Lipinski definition) is 4. The molecule has 1 unspecified atom stereocenters. The Labute approximate surface area is 185 Å². The Bertz CT molecular complexity index is 687. The van der Waals surface area contributed by atoms with E-state index in [1.165, 1.54) is 0 Å². The van der Waals surface area contributed by atoms with Crippen LogP contribution in [0.25, 0.3) is 0 Å². The van der Waals surface area contributed by atoms with Crippen molar-refractivity contribution in [1.82, 2.24) is 15.8 Å². The predicted octanol–water partition coefficient (Wildman–Crippen LogP) is 4.38. The average Bonchev–Trinajstić information content (AvgIpc) is 3.16. The third kappa shape index (κ3) is 7.79. The minimum absolute atomic E-state index is 0. The van der Waals surface area contributed by atoms with Crippen LogP contribution in [0.15, 0.2) is 45.9 Å². The lowest BCUT2D eigenvalue weighted by Gasteiger charge is -2.14. The second-order valence-electron chi connectivity index (χ2n) is 6.57. The van der Waals surface area contributed by atoms with Gasteiger partial charge in [0.05, 0.1) is 11.8 Å². The van der Waals surface area contributed by atoms with E-state index in [1.807, 2.05) is 43.3 Å². The zero-order valence-corrected chi connectivity index (χ0v) is 19.3. The number of aromatic nitrogens is 1. The molecule has 0 bridgehead atoms. The van der Waals surface area contributed by atoms with Crippen LogP contribution in [-0.4, -0.2) is 29.3 Å². The maximum atomic E-state index is 10.2. The van der Waals surface area contributed by atoms with Gasteiger partial charge in [0.15, 0.2) is 11.7 Å². The Hall–Kier alpha value is -1.61. The van der Waals surface area contributed by atoms with Crippen LogP contribution >= 0.6 is 24.0 Å². The number of nitrogens with zero attached hydrogens (tertiary/aromatic N) is 2. The largest absolute Gasteiger partial charge is 0.388 e. The van der Waals surface area contributed by atoms with Crippen molar-refractivity contribution in [3.63, 3.8) is 0 Å². The summed E-state index contributed by atoms with van der Waals surface area (Å²) in [6.45, 7) is 8.18. The molecule has 0 aliphatic carbocycles. The second-order valence-corrected chi connectivity index (χ2v) is 6.57. The maximum Gasteiger partial charge on any atom is 0.191 e. The van der Waals surface area contributed by atoms with Gasteiger partial charge < -0.3 is 20.3 Å². The Balaban J connectivity index is 0.00000392. The van der Waals surface area contributed by atoms with Gasteiger partial charge in [-0.25, -0.2) is 4.99 Å². The number of aliphatic hydroxyl groups is 1. The summed E-state index contributed by atoms with van der Waals surface area (Å²) in [6.07, 6.45) is 2.23. The molecular formula is C21H33IN4O2. The fraction of sp³-hybridized carbons (Fsp3) is 0.524. The summed E-state index contributed by atoms with van der Waals surface area (Å²) in [4.78, 5) is 4.56. The summed E-state index contributed by atoms with van der Waals surface area (Å²) in [7, 11) is 0. The zero-order valence-electron chi connectivity index (χ0n) is 17.0. The van der Waals surface area contributed by atoms with Crippen LogP contribution in [0.5, 0.6) is 0 Å². The molecule has 1 aromatic heterocycles. The molecule has 6 nitrogen and oxygen atoms in total. The number of hydrogen-bond donors (Lipinski definition) is 3. The average molecular weight is 500 g/mol. The molecule has 0 aliphatic heterocycles. The summed E-state index contributed by atoms with van der Waals surface area (Å²) in [6, 6.07) is 11.7. The fourth-order valence-electron chi connectivity index (χ4n) is 2.97. The molecule has 2 rings (SSSR count). The second kappa shape index (κ2) is 13.5. The van der Waals surface area contributed by atoms with Crippen LogP contribution in [0, 0.1) is 0 Å². The van der Waals surface area contributed by atoms with Crippen molar-refractivity contribution in [2.45, 2.75) is 58.6 Å². The fourth-order valence-corrected chi connectivity index (χ4v) is 2.97. The van der Waals surface area contributed by atoms with Gasteiger partial charge in [0, 0.05) is 25.1 Å². The predicted molar refractivity (Wildman–Crippen MR) is 124 cm³/mol. The van der Waals surface area contributed by atoms with E-state index in [0.29, 0.717) is 31.4 Å². The van der Waals surface area contributed by atoms with E-state index in [2.05, 4.69) is 34.6 Å². The first-order chi connectivity index (χ1) is 13.2. The molecule has 1 aromatic carbocycles. The van der Waals surface area contributed by atoms with Gasteiger partial charge in [0.2, 0.25) is 0 Å². The SMILES string of the molecule is CCNC(=NCc1cc(C(CC)CC)no1)NCCC(O)c1ccccc1.I. The quantitative estimate of drug-likeness (QED) is 0.256. The first-order valence-corrected chi connectivity index (χ1v) is 9.88. The number of aliphatic hydroxyl groups excluding tert-OH is 1. The monoisotopic (exact) mass is 500 g/mol. The van der Waals surface area contributed by atoms with E-state index in [9.17, 15) is 5.11 Å². The number of guanidine groups is 1. The first kappa shape index (κ1) is 24.4. The molecule has 2 aromatic rings. The highest BCUT2D eigenvalue weighted by Crippen LogP contribution is 2.22.